The Bertz CT molecular complexity index is 708. The summed E-state index contributed by atoms with van der Waals surface area (Å²) in [5.41, 5.74) is 3.06. The number of nitrogens with zero attached hydrogens (tertiary/aromatic N) is 2. The maximum Gasteiger partial charge on any atom is 0.308 e. The summed E-state index contributed by atoms with van der Waals surface area (Å²) in [6.07, 6.45) is 1.24. The number of carboxylic acid groups (broad SMARTS) is 1. The van der Waals surface area contributed by atoms with Crippen molar-refractivity contribution in [1.29, 1.82) is 0 Å². The topological polar surface area (TPSA) is 87.2 Å². The standard InChI is InChI=1S/C20H28N2O5/c1-13-8-14(2)19(15(3)9-13)27-12-18(24)21(4)11-17(23)22-7-5-6-16(10-22)20(25)26/h8-9,16H,5-7,10-12H2,1-4H3,(H,25,26). The first-order valence-electron chi connectivity index (χ1n) is 9.14. The largest absolute Gasteiger partial charge is 0.483 e. The molecule has 1 N–H and O–H groups in total. The average molecular weight is 376 g/mol. The van der Waals surface area contributed by atoms with Crippen molar-refractivity contribution in [2.45, 2.75) is 33.6 Å². The molecule has 0 aromatic heterocycles. The van der Waals surface area contributed by atoms with Crippen molar-refractivity contribution in [3.05, 3.63) is 28.8 Å². The van der Waals surface area contributed by atoms with E-state index in [0.717, 1.165) is 16.7 Å². The highest BCUT2D eigenvalue weighted by Crippen LogP contribution is 2.24. The minimum absolute atomic E-state index is 0.0829. The first-order valence-corrected chi connectivity index (χ1v) is 9.14. The van der Waals surface area contributed by atoms with Crippen LogP contribution in [0.4, 0.5) is 0 Å². The fraction of sp³-hybridized carbons (Fsp3) is 0.550. The monoisotopic (exact) mass is 376 g/mol. The van der Waals surface area contributed by atoms with Crippen molar-refractivity contribution < 1.29 is 24.2 Å². The quantitative estimate of drug-likeness (QED) is 0.818. The van der Waals surface area contributed by atoms with Crippen molar-refractivity contribution in [1.82, 2.24) is 9.80 Å². The number of piperidine rings is 1. The van der Waals surface area contributed by atoms with Crippen LogP contribution in [0.15, 0.2) is 12.1 Å². The zero-order chi connectivity index (χ0) is 20.1. The minimum Gasteiger partial charge on any atom is -0.483 e. The van der Waals surface area contributed by atoms with E-state index in [1.165, 1.54) is 9.80 Å². The molecule has 0 bridgehead atoms. The molecule has 2 amide bonds. The van der Waals surface area contributed by atoms with Crippen LogP contribution in [-0.4, -0.2) is 66.0 Å². The first-order chi connectivity index (χ1) is 12.7. The Labute approximate surface area is 159 Å². The molecule has 1 aliphatic rings. The molecule has 1 aromatic carbocycles. The molecule has 0 aliphatic carbocycles. The average Bonchev–Trinajstić information content (AvgIpc) is 2.60. The number of aliphatic carboxylic acids is 1. The van der Waals surface area contributed by atoms with Crippen molar-refractivity contribution in [2.75, 3.05) is 33.3 Å². The molecule has 0 saturated carbocycles. The van der Waals surface area contributed by atoms with Gasteiger partial charge in [0, 0.05) is 20.1 Å². The zero-order valence-electron chi connectivity index (χ0n) is 16.4. The van der Waals surface area contributed by atoms with Crippen LogP contribution in [0.2, 0.25) is 0 Å². The van der Waals surface area contributed by atoms with Gasteiger partial charge in [0.1, 0.15) is 5.75 Å². The molecule has 0 spiro atoms. The van der Waals surface area contributed by atoms with Gasteiger partial charge in [0.2, 0.25) is 5.91 Å². The van der Waals surface area contributed by atoms with Gasteiger partial charge < -0.3 is 19.6 Å². The summed E-state index contributed by atoms with van der Waals surface area (Å²) in [6.45, 7) is 6.37. The third-order valence-corrected chi connectivity index (χ3v) is 4.87. The lowest BCUT2D eigenvalue weighted by molar-refractivity contribution is -0.147. The number of carbonyl (C=O) groups excluding carboxylic acids is 2. The maximum absolute atomic E-state index is 12.4. The number of hydrogen-bond donors (Lipinski definition) is 1. The number of hydrogen-bond acceptors (Lipinski definition) is 4. The van der Waals surface area contributed by atoms with E-state index < -0.39 is 11.9 Å². The fourth-order valence-corrected chi connectivity index (χ4v) is 3.43. The number of likely N-dealkylation sites (tertiary alicyclic amines) is 1. The van der Waals surface area contributed by atoms with Crippen LogP contribution < -0.4 is 4.74 Å². The molecule has 148 valence electrons. The van der Waals surface area contributed by atoms with E-state index in [-0.39, 0.29) is 31.5 Å². The highest BCUT2D eigenvalue weighted by molar-refractivity contribution is 5.85. The van der Waals surface area contributed by atoms with Crippen molar-refractivity contribution in [3.8, 4) is 5.75 Å². The molecule has 1 heterocycles. The summed E-state index contributed by atoms with van der Waals surface area (Å²) >= 11 is 0. The van der Waals surface area contributed by atoms with Gasteiger partial charge in [-0.05, 0) is 44.7 Å². The number of carbonyl (C=O) groups is 3. The molecule has 1 fully saturated rings. The van der Waals surface area contributed by atoms with Gasteiger partial charge in [0.05, 0.1) is 12.5 Å². The van der Waals surface area contributed by atoms with Gasteiger partial charge in [-0.2, -0.15) is 0 Å². The molecule has 1 aliphatic heterocycles. The predicted molar refractivity (Wildman–Crippen MR) is 101 cm³/mol. The van der Waals surface area contributed by atoms with Crippen LogP contribution in [0.25, 0.3) is 0 Å². The van der Waals surface area contributed by atoms with Crippen molar-refractivity contribution in [2.24, 2.45) is 5.92 Å². The van der Waals surface area contributed by atoms with Crippen LogP contribution in [0, 0.1) is 26.7 Å². The Kier molecular flexibility index (Phi) is 6.82. The van der Waals surface area contributed by atoms with E-state index in [2.05, 4.69) is 0 Å². The van der Waals surface area contributed by atoms with Crippen molar-refractivity contribution in [3.63, 3.8) is 0 Å². The number of aryl methyl sites for hydroxylation is 3. The van der Waals surface area contributed by atoms with E-state index in [1.54, 1.807) is 7.05 Å². The molecule has 1 aromatic rings. The minimum atomic E-state index is -0.880. The van der Waals surface area contributed by atoms with Crippen LogP contribution in [-0.2, 0) is 14.4 Å². The van der Waals surface area contributed by atoms with E-state index in [4.69, 9.17) is 9.84 Å². The van der Waals surface area contributed by atoms with Crippen LogP contribution in [0.1, 0.15) is 29.5 Å². The van der Waals surface area contributed by atoms with Gasteiger partial charge in [-0.15, -0.1) is 0 Å². The molecule has 7 nitrogen and oxygen atoms in total. The summed E-state index contributed by atoms with van der Waals surface area (Å²) in [7, 11) is 1.55. The molecule has 1 saturated heterocycles. The molecule has 7 heteroatoms. The number of likely N-dealkylation sites (N-methyl/N-ethyl adjacent to an activating group) is 1. The highest BCUT2D eigenvalue weighted by Gasteiger charge is 2.29. The van der Waals surface area contributed by atoms with E-state index in [0.29, 0.717) is 25.1 Å². The lowest BCUT2D eigenvalue weighted by Gasteiger charge is -2.32. The number of carboxylic acids is 1. The maximum atomic E-state index is 12.4. The Morgan fingerprint density at radius 1 is 1.22 bits per heavy atom. The third kappa shape index (κ3) is 5.45. The lowest BCUT2D eigenvalue weighted by Crippen LogP contribution is -2.47. The van der Waals surface area contributed by atoms with Gasteiger partial charge >= 0.3 is 5.97 Å². The Hall–Kier alpha value is -2.57. The molecule has 2 rings (SSSR count). The number of rotatable bonds is 6. The second-order valence-corrected chi connectivity index (χ2v) is 7.28. The SMILES string of the molecule is Cc1cc(C)c(OCC(=O)N(C)CC(=O)N2CCCC(C(=O)O)C2)c(C)c1. The Morgan fingerprint density at radius 2 is 1.85 bits per heavy atom. The van der Waals surface area contributed by atoms with Gasteiger partial charge in [-0.3, -0.25) is 14.4 Å². The van der Waals surface area contributed by atoms with Crippen LogP contribution >= 0.6 is 0 Å². The molecule has 1 unspecified atom stereocenters. The van der Waals surface area contributed by atoms with Gasteiger partial charge in [0.15, 0.2) is 6.61 Å². The first kappa shape index (κ1) is 20.7. The summed E-state index contributed by atoms with van der Waals surface area (Å²) < 4.78 is 5.69. The zero-order valence-corrected chi connectivity index (χ0v) is 16.4. The van der Waals surface area contributed by atoms with Crippen LogP contribution in [0.3, 0.4) is 0 Å². The molecule has 27 heavy (non-hydrogen) atoms. The predicted octanol–water partition coefficient (Wildman–Crippen LogP) is 1.77. The smallest absolute Gasteiger partial charge is 0.308 e. The molecule has 1 atom stereocenters. The van der Waals surface area contributed by atoms with Crippen LogP contribution in [0.5, 0.6) is 5.75 Å². The highest BCUT2D eigenvalue weighted by atomic mass is 16.5. The number of amides is 2. The Balaban J connectivity index is 1.88. The fourth-order valence-electron chi connectivity index (χ4n) is 3.43. The second-order valence-electron chi connectivity index (χ2n) is 7.28. The Morgan fingerprint density at radius 3 is 2.44 bits per heavy atom. The summed E-state index contributed by atoms with van der Waals surface area (Å²) in [6, 6.07) is 3.99. The number of benzene rings is 1. The van der Waals surface area contributed by atoms with Gasteiger partial charge in [-0.25, -0.2) is 0 Å². The van der Waals surface area contributed by atoms with Gasteiger partial charge in [0.25, 0.3) is 5.91 Å². The number of ether oxygens (including phenoxy) is 1. The molecule has 0 radical (unpaired) electrons. The normalized spacial score (nSPS) is 16.7. The van der Waals surface area contributed by atoms with E-state index in [1.807, 2.05) is 32.9 Å². The second kappa shape index (κ2) is 8.88. The molecular formula is C20H28N2O5. The third-order valence-electron chi connectivity index (χ3n) is 4.87. The van der Waals surface area contributed by atoms with Gasteiger partial charge in [-0.1, -0.05) is 17.7 Å². The summed E-state index contributed by atoms with van der Waals surface area (Å²) in [5, 5.41) is 9.13. The van der Waals surface area contributed by atoms with E-state index >= 15 is 0 Å². The summed E-state index contributed by atoms with van der Waals surface area (Å²) in [5.74, 6) is -1.25. The lowest BCUT2D eigenvalue weighted by atomic mass is 9.98. The summed E-state index contributed by atoms with van der Waals surface area (Å²) in [4.78, 5) is 38.7. The van der Waals surface area contributed by atoms with Crippen molar-refractivity contribution >= 4 is 17.8 Å². The molecular weight excluding hydrogens is 348 g/mol. The van der Waals surface area contributed by atoms with E-state index in [9.17, 15) is 14.4 Å².